The van der Waals surface area contributed by atoms with Crippen molar-refractivity contribution in [2.24, 2.45) is 0 Å². The van der Waals surface area contributed by atoms with Crippen molar-refractivity contribution in [2.75, 3.05) is 7.11 Å². The van der Waals surface area contributed by atoms with Crippen LogP contribution in [0.15, 0.2) is 5.51 Å². The summed E-state index contributed by atoms with van der Waals surface area (Å²) >= 11 is 1.58. The Bertz CT molecular complexity index is 329. The van der Waals surface area contributed by atoms with Gasteiger partial charge in [-0.15, -0.1) is 11.3 Å². The Kier molecular flexibility index (Phi) is 2.82. The fraction of sp³-hybridized carbons (Fsp3) is 0.600. The molecule has 1 aliphatic rings. The van der Waals surface area contributed by atoms with Crippen LogP contribution in [-0.2, 0) is 4.74 Å². The second-order valence-corrected chi connectivity index (χ2v) is 4.42. The fourth-order valence-electron chi connectivity index (χ4n) is 1.98. The first-order chi connectivity index (χ1) is 6.83. The molecule has 4 heteroatoms. The van der Waals surface area contributed by atoms with E-state index in [1.165, 1.54) is 32.8 Å². The van der Waals surface area contributed by atoms with Crippen LogP contribution in [0.5, 0.6) is 0 Å². The number of esters is 1. The summed E-state index contributed by atoms with van der Waals surface area (Å²) in [4.78, 5) is 16.6. The molecule has 2 rings (SSSR count). The number of carbonyl (C=O) groups excluding carboxylic acids is 1. The summed E-state index contributed by atoms with van der Waals surface area (Å²) in [6.45, 7) is 0. The Morgan fingerprint density at radius 1 is 1.57 bits per heavy atom. The van der Waals surface area contributed by atoms with Gasteiger partial charge in [0.1, 0.15) is 0 Å². The Morgan fingerprint density at radius 3 is 2.93 bits per heavy atom. The van der Waals surface area contributed by atoms with Gasteiger partial charge in [0, 0.05) is 4.88 Å². The number of hydrogen-bond donors (Lipinski definition) is 0. The average molecular weight is 211 g/mol. The highest BCUT2D eigenvalue weighted by atomic mass is 32.1. The molecule has 3 nitrogen and oxygen atoms in total. The second-order valence-electron chi connectivity index (χ2n) is 3.54. The third-order valence-electron chi connectivity index (χ3n) is 2.70. The van der Waals surface area contributed by atoms with Gasteiger partial charge in [0.05, 0.1) is 12.6 Å². The van der Waals surface area contributed by atoms with Crippen LogP contribution in [0.3, 0.4) is 0 Å². The molecule has 0 saturated heterocycles. The lowest BCUT2D eigenvalue weighted by Gasteiger charge is -2.06. The maximum absolute atomic E-state index is 11.4. The lowest BCUT2D eigenvalue weighted by molar-refractivity contribution is 0.0593. The van der Waals surface area contributed by atoms with Crippen LogP contribution in [-0.4, -0.2) is 18.1 Å². The van der Waals surface area contributed by atoms with Gasteiger partial charge in [-0.2, -0.15) is 0 Å². The van der Waals surface area contributed by atoms with Crippen molar-refractivity contribution in [3.8, 4) is 0 Å². The van der Waals surface area contributed by atoms with Crippen LogP contribution in [0.2, 0.25) is 0 Å². The summed E-state index contributed by atoms with van der Waals surface area (Å²) in [6, 6.07) is 0. The van der Waals surface area contributed by atoms with E-state index in [2.05, 4.69) is 4.98 Å². The van der Waals surface area contributed by atoms with Crippen molar-refractivity contribution in [1.82, 2.24) is 4.98 Å². The average Bonchev–Trinajstić information content (AvgIpc) is 2.85. The summed E-state index contributed by atoms with van der Waals surface area (Å²) in [7, 11) is 1.40. The maximum atomic E-state index is 11.4. The van der Waals surface area contributed by atoms with Gasteiger partial charge in [0.2, 0.25) is 0 Å². The third kappa shape index (κ3) is 1.66. The molecule has 0 radical (unpaired) electrons. The highest BCUT2D eigenvalue weighted by molar-refractivity contribution is 7.10. The molecule has 1 saturated carbocycles. The van der Waals surface area contributed by atoms with Crippen molar-refractivity contribution in [3.05, 3.63) is 16.1 Å². The monoisotopic (exact) mass is 211 g/mol. The van der Waals surface area contributed by atoms with Gasteiger partial charge in [-0.05, 0) is 18.8 Å². The van der Waals surface area contributed by atoms with Crippen LogP contribution in [0, 0.1) is 0 Å². The number of thiazole rings is 1. The lowest BCUT2D eigenvalue weighted by Crippen LogP contribution is -2.06. The largest absolute Gasteiger partial charge is 0.464 e. The molecular formula is C10H13NO2S. The SMILES string of the molecule is COC(=O)c1ncsc1C1CCCC1. The van der Waals surface area contributed by atoms with Crippen molar-refractivity contribution in [3.63, 3.8) is 0 Å². The minimum absolute atomic E-state index is 0.298. The Balaban J connectivity index is 2.24. The molecule has 0 spiro atoms. The standard InChI is InChI=1S/C10H13NO2S/c1-13-10(12)8-9(14-6-11-8)7-4-2-3-5-7/h6-7H,2-5H2,1H3. The van der Waals surface area contributed by atoms with Crippen LogP contribution >= 0.6 is 11.3 Å². The summed E-state index contributed by atoms with van der Waals surface area (Å²) in [5.41, 5.74) is 2.27. The molecule has 1 heterocycles. The zero-order valence-electron chi connectivity index (χ0n) is 8.16. The first kappa shape index (κ1) is 9.65. The van der Waals surface area contributed by atoms with Crippen molar-refractivity contribution >= 4 is 17.3 Å². The van der Waals surface area contributed by atoms with E-state index < -0.39 is 0 Å². The maximum Gasteiger partial charge on any atom is 0.357 e. The number of aromatic nitrogens is 1. The van der Waals surface area contributed by atoms with E-state index in [0.717, 1.165) is 4.88 Å². The van der Waals surface area contributed by atoms with Gasteiger partial charge in [0.25, 0.3) is 0 Å². The molecule has 0 atom stereocenters. The van der Waals surface area contributed by atoms with Crippen LogP contribution < -0.4 is 0 Å². The Hall–Kier alpha value is -0.900. The smallest absolute Gasteiger partial charge is 0.357 e. The highest BCUT2D eigenvalue weighted by Gasteiger charge is 2.25. The molecule has 14 heavy (non-hydrogen) atoms. The molecular weight excluding hydrogens is 198 g/mol. The molecule has 0 aliphatic heterocycles. The number of ether oxygens (including phenoxy) is 1. The fourth-order valence-corrected chi connectivity index (χ4v) is 2.93. The van der Waals surface area contributed by atoms with E-state index in [-0.39, 0.29) is 5.97 Å². The third-order valence-corrected chi connectivity index (χ3v) is 3.69. The predicted octanol–water partition coefficient (Wildman–Crippen LogP) is 2.59. The summed E-state index contributed by atoms with van der Waals surface area (Å²) in [5.74, 6) is 0.241. The molecule has 1 aromatic heterocycles. The van der Waals surface area contributed by atoms with Crippen molar-refractivity contribution < 1.29 is 9.53 Å². The van der Waals surface area contributed by atoms with Crippen LogP contribution in [0.1, 0.15) is 47.0 Å². The molecule has 1 aliphatic carbocycles. The Labute approximate surface area is 87.1 Å². The number of methoxy groups -OCH3 is 1. The summed E-state index contributed by atoms with van der Waals surface area (Å²) in [5, 5.41) is 0. The highest BCUT2D eigenvalue weighted by Crippen LogP contribution is 2.37. The van der Waals surface area contributed by atoms with E-state index in [4.69, 9.17) is 4.74 Å². The second kappa shape index (κ2) is 4.09. The zero-order valence-corrected chi connectivity index (χ0v) is 8.97. The normalized spacial score (nSPS) is 17.2. The van der Waals surface area contributed by atoms with E-state index in [0.29, 0.717) is 11.6 Å². The molecule has 0 unspecified atom stereocenters. The molecule has 0 amide bonds. The van der Waals surface area contributed by atoms with Crippen LogP contribution in [0.25, 0.3) is 0 Å². The minimum atomic E-state index is -0.298. The van der Waals surface area contributed by atoms with Gasteiger partial charge in [-0.3, -0.25) is 0 Å². The first-order valence-electron chi connectivity index (χ1n) is 4.84. The molecule has 76 valence electrons. The van der Waals surface area contributed by atoms with Crippen LogP contribution in [0.4, 0.5) is 0 Å². The summed E-state index contributed by atoms with van der Waals surface area (Å²) < 4.78 is 4.70. The number of rotatable bonds is 2. The molecule has 0 aromatic carbocycles. The molecule has 0 bridgehead atoms. The van der Waals surface area contributed by atoms with Gasteiger partial charge >= 0.3 is 5.97 Å². The van der Waals surface area contributed by atoms with Gasteiger partial charge in [-0.25, -0.2) is 9.78 Å². The number of hydrogen-bond acceptors (Lipinski definition) is 4. The van der Waals surface area contributed by atoms with E-state index in [1.807, 2.05) is 0 Å². The predicted molar refractivity (Wildman–Crippen MR) is 54.7 cm³/mol. The quantitative estimate of drug-likeness (QED) is 0.706. The lowest BCUT2D eigenvalue weighted by atomic mass is 10.1. The molecule has 1 fully saturated rings. The van der Waals surface area contributed by atoms with E-state index >= 15 is 0 Å². The van der Waals surface area contributed by atoms with E-state index in [9.17, 15) is 4.79 Å². The van der Waals surface area contributed by atoms with Crippen molar-refractivity contribution in [2.45, 2.75) is 31.6 Å². The Morgan fingerprint density at radius 2 is 2.29 bits per heavy atom. The molecule has 0 N–H and O–H groups in total. The molecule has 1 aromatic rings. The number of nitrogens with zero attached hydrogens (tertiary/aromatic N) is 1. The zero-order chi connectivity index (χ0) is 9.97. The van der Waals surface area contributed by atoms with Gasteiger partial charge < -0.3 is 4.74 Å². The number of carbonyl (C=O) groups is 1. The topological polar surface area (TPSA) is 39.2 Å². The summed E-state index contributed by atoms with van der Waals surface area (Å²) in [6.07, 6.45) is 4.91. The van der Waals surface area contributed by atoms with E-state index in [1.54, 1.807) is 16.8 Å². The van der Waals surface area contributed by atoms with Crippen molar-refractivity contribution in [1.29, 1.82) is 0 Å². The first-order valence-corrected chi connectivity index (χ1v) is 5.72. The van der Waals surface area contributed by atoms with Gasteiger partial charge in [-0.1, -0.05) is 12.8 Å². The van der Waals surface area contributed by atoms with Gasteiger partial charge in [0.15, 0.2) is 5.69 Å². The minimum Gasteiger partial charge on any atom is -0.464 e.